The van der Waals surface area contributed by atoms with E-state index in [1.165, 1.54) is 34.7 Å². The Morgan fingerprint density at radius 2 is 1.96 bits per heavy atom. The summed E-state index contributed by atoms with van der Waals surface area (Å²) in [4.78, 5) is 10.8. The van der Waals surface area contributed by atoms with E-state index in [9.17, 15) is 4.79 Å². The minimum atomic E-state index is -0.816. The highest BCUT2D eigenvalue weighted by Gasteiger charge is 2.25. The zero-order chi connectivity index (χ0) is 16.5. The van der Waals surface area contributed by atoms with Crippen LogP contribution in [0.15, 0.2) is 42.7 Å². The lowest BCUT2D eigenvalue weighted by molar-refractivity contribution is -0.137. The van der Waals surface area contributed by atoms with E-state index in [1.807, 2.05) is 4.57 Å². The molecule has 1 aliphatic carbocycles. The molecule has 0 unspecified atom stereocenters. The van der Waals surface area contributed by atoms with Crippen LogP contribution in [0.1, 0.15) is 42.1 Å². The Morgan fingerprint density at radius 1 is 1.17 bits per heavy atom. The van der Waals surface area contributed by atoms with E-state index in [-0.39, 0.29) is 6.42 Å². The van der Waals surface area contributed by atoms with Crippen molar-refractivity contribution < 1.29 is 9.90 Å². The van der Waals surface area contributed by atoms with Gasteiger partial charge in [0.1, 0.15) is 12.2 Å². The maximum atomic E-state index is 10.8. The fourth-order valence-electron chi connectivity index (χ4n) is 3.28. The minimum absolute atomic E-state index is 0.0695. The predicted octanol–water partition coefficient (Wildman–Crippen LogP) is 3.37. The molecule has 122 valence electrons. The van der Waals surface area contributed by atoms with Crippen molar-refractivity contribution in [2.75, 3.05) is 0 Å². The number of carboxylic acid groups (broad SMARTS) is 1. The normalized spacial score (nSPS) is 14.2. The third-order valence-corrected chi connectivity index (χ3v) is 4.66. The third kappa shape index (κ3) is 2.89. The highest BCUT2D eigenvalue weighted by Crippen LogP contribution is 2.43. The average molecular weight is 321 g/mol. The second kappa shape index (κ2) is 6.07. The Kier molecular flexibility index (Phi) is 3.76. The number of aryl methyl sites for hydroxylation is 1. The largest absolute Gasteiger partial charge is 0.481 e. The van der Waals surface area contributed by atoms with E-state index in [2.05, 4.69) is 46.6 Å². The van der Waals surface area contributed by atoms with E-state index in [4.69, 9.17) is 5.11 Å². The van der Waals surface area contributed by atoms with Crippen LogP contribution in [0.3, 0.4) is 0 Å². The van der Waals surface area contributed by atoms with Gasteiger partial charge in [0.25, 0.3) is 0 Å². The SMILES string of the molecule is O=C(O)CCc1nncn1Cc1ccc(C2CC2)c2ccccc12. The monoisotopic (exact) mass is 321 g/mol. The van der Waals surface area contributed by atoms with Crippen molar-refractivity contribution in [3.05, 3.63) is 59.7 Å². The molecule has 0 saturated heterocycles. The molecule has 1 aromatic heterocycles. The zero-order valence-corrected chi connectivity index (χ0v) is 13.4. The van der Waals surface area contributed by atoms with Crippen molar-refractivity contribution in [2.45, 2.75) is 38.1 Å². The first-order chi connectivity index (χ1) is 11.7. The molecule has 1 saturated carbocycles. The quantitative estimate of drug-likeness (QED) is 0.756. The van der Waals surface area contributed by atoms with Crippen LogP contribution in [0.4, 0.5) is 0 Å². The van der Waals surface area contributed by atoms with E-state index in [0.717, 1.165) is 0 Å². The van der Waals surface area contributed by atoms with Gasteiger partial charge in [0.05, 0.1) is 13.0 Å². The number of carbonyl (C=O) groups is 1. The Morgan fingerprint density at radius 3 is 2.71 bits per heavy atom. The van der Waals surface area contributed by atoms with Crippen molar-refractivity contribution >= 4 is 16.7 Å². The van der Waals surface area contributed by atoms with Crippen molar-refractivity contribution in [2.24, 2.45) is 0 Å². The van der Waals surface area contributed by atoms with Crippen LogP contribution in [0.5, 0.6) is 0 Å². The molecule has 1 heterocycles. The Hall–Kier alpha value is -2.69. The summed E-state index contributed by atoms with van der Waals surface area (Å²) in [5.74, 6) is 0.613. The smallest absolute Gasteiger partial charge is 0.303 e. The first-order valence-electron chi connectivity index (χ1n) is 8.31. The fourth-order valence-corrected chi connectivity index (χ4v) is 3.28. The van der Waals surface area contributed by atoms with E-state index in [0.29, 0.717) is 24.7 Å². The minimum Gasteiger partial charge on any atom is -0.481 e. The topological polar surface area (TPSA) is 68.0 Å². The number of rotatable bonds is 6. The van der Waals surface area contributed by atoms with Gasteiger partial charge in [0.2, 0.25) is 0 Å². The van der Waals surface area contributed by atoms with Crippen LogP contribution in [-0.2, 0) is 17.8 Å². The first-order valence-corrected chi connectivity index (χ1v) is 8.31. The molecule has 1 aliphatic rings. The Balaban J connectivity index is 1.67. The summed E-state index contributed by atoms with van der Waals surface area (Å²) in [6.07, 6.45) is 4.72. The summed E-state index contributed by atoms with van der Waals surface area (Å²) in [5, 5.41) is 19.5. The predicted molar refractivity (Wildman–Crippen MR) is 91.0 cm³/mol. The molecule has 0 atom stereocenters. The molecule has 0 aliphatic heterocycles. The van der Waals surface area contributed by atoms with Gasteiger partial charge in [-0.25, -0.2) is 0 Å². The molecule has 5 heteroatoms. The number of aliphatic carboxylic acids is 1. The molecule has 3 aromatic rings. The van der Waals surface area contributed by atoms with Crippen molar-refractivity contribution in [1.82, 2.24) is 14.8 Å². The van der Waals surface area contributed by atoms with E-state index >= 15 is 0 Å². The lowest BCUT2D eigenvalue weighted by Crippen LogP contribution is -2.07. The number of hydrogen-bond donors (Lipinski definition) is 1. The van der Waals surface area contributed by atoms with Gasteiger partial charge in [-0.05, 0) is 40.7 Å². The Bertz CT molecular complexity index is 897. The molecule has 0 amide bonds. The molecule has 4 rings (SSSR count). The maximum absolute atomic E-state index is 10.8. The van der Waals surface area contributed by atoms with Gasteiger partial charge in [0.15, 0.2) is 0 Å². The summed E-state index contributed by atoms with van der Waals surface area (Å²) in [6, 6.07) is 13.0. The zero-order valence-electron chi connectivity index (χ0n) is 13.4. The summed E-state index contributed by atoms with van der Waals surface area (Å²) < 4.78 is 1.95. The number of carboxylic acids is 1. The maximum Gasteiger partial charge on any atom is 0.303 e. The third-order valence-electron chi connectivity index (χ3n) is 4.66. The van der Waals surface area contributed by atoms with Crippen LogP contribution in [0.25, 0.3) is 10.8 Å². The standard InChI is InChI=1S/C19H19N3O2/c23-19(24)10-9-18-21-20-12-22(18)11-14-7-8-16(13-5-6-13)17-4-2-1-3-15(14)17/h1-4,7-8,12-13H,5-6,9-11H2,(H,23,24). The summed E-state index contributed by atoms with van der Waals surface area (Å²) in [7, 11) is 0. The average Bonchev–Trinajstić information content (AvgIpc) is 3.33. The Labute approximate surface area is 140 Å². The molecule has 1 fully saturated rings. The summed E-state index contributed by atoms with van der Waals surface area (Å²) in [6.45, 7) is 0.660. The summed E-state index contributed by atoms with van der Waals surface area (Å²) in [5.41, 5.74) is 2.66. The van der Waals surface area contributed by atoms with Gasteiger partial charge in [-0.1, -0.05) is 36.4 Å². The second-order valence-corrected chi connectivity index (χ2v) is 6.40. The van der Waals surface area contributed by atoms with Crippen LogP contribution in [-0.4, -0.2) is 25.8 Å². The van der Waals surface area contributed by atoms with E-state index < -0.39 is 5.97 Å². The number of nitrogens with zero attached hydrogens (tertiary/aromatic N) is 3. The molecular weight excluding hydrogens is 302 g/mol. The van der Waals surface area contributed by atoms with Crippen LogP contribution < -0.4 is 0 Å². The van der Waals surface area contributed by atoms with Crippen molar-refractivity contribution in [3.63, 3.8) is 0 Å². The fraction of sp³-hybridized carbons (Fsp3) is 0.316. The molecule has 0 spiro atoms. The second-order valence-electron chi connectivity index (χ2n) is 6.40. The summed E-state index contributed by atoms with van der Waals surface area (Å²) >= 11 is 0. The first kappa shape index (κ1) is 14.9. The molecule has 0 radical (unpaired) electrons. The highest BCUT2D eigenvalue weighted by atomic mass is 16.4. The van der Waals surface area contributed by atoms with Crippen molar-refractivity contribution in [1.29, 1.82) is 0 Å². The molecule has 2 aromatic carbocycles. The van der Waals surface area contributed by atoms with Gasteiger partial charge < -0.3 is 9.67 Å². The van der Waals surface area contributed by atoms with Crippen LogP contribution in [0, 0.1) is 0 Å². The molecule has 0 bridgehead atoms. The molecule has 24 heavy (non-hydrogen) atoms. The van der Waals surface area contributed by atoms with Gasteiger partial charge in [-0.15, -0.1) is 10.2 Å². The molecular formula is C19H19N3O2. The molecule has 5 nitrogen and oxygen atoms in total. The van der Waals surface area contributed by atoms with E-state index in [1.54, 1.807) is 6.33 Å². The number of hydrogen-bond acceptors (Lipinski definition) is 3. The number of aromatic nitrogens is 3. The molecule has 1 N–H and O–H groups in total. The van der Waals surface area contributed by atoms with Crippen molar-refractivity contribution in [3.8, 4) is 0 Å². The van der Waals surface area contributed by atoms with Crippen LogP contribution >= 0.6 is 0 Å². The lowest BCUT2D eigenvalue weighted by atomic mass is 9.97. The highest BCUT2D eigenvalue weighted by molar-refractivity contribution is 5.89. The van der Waals surface area contributed by atoms with Gasteiger partial charge >= 0.3 is 5.97 Å². The lowest BCUT2D eigenvalue weighted by Gasteiger charge is -2.12. The number of fused-ring (bicyclic) bond motifs is 1. The van der Waals surface area contributed by atoms with Gasteiger partial charge in [0, 0.05) is 6.42 Å². The van der Waals surface area contributed by atoms with Gasteiger partial charge in [-0.2, -0.15) is 0 Å². The van der Waals surface area contributed by atoms with Crippen LogP contribution in [0.2, 0.25) is 0 Å². The number of benzene rings is 2. The van der Waals surface area contributed by atoms with Gasteiger partial charge in [-0.3, -0.25) is 4.79 Å².